The van der Waals surface area contributed by atoms with E-state index in [2.05, 4.69) is 41.7 Å². The zero-order chi connectivity index (χ0) is 22.1. The molecule has 4 heteroatoms. The summed E-state index contributed by atoms with van der Waals surface area (Å²) in [6.07, 6.45) is 1.15. The van der Waals surface area contributed by atoms with E-state index in [0.717, 1.165) is 36.8 Å². The van der Waals surface area contributed by atoms with Crippen molar-refractivity contribution in [3.05, 3.63) is 89.5 Å². The van der Waals surface area contributed by atoms with Crippen molar-refractivity contribution in [3.63, 3.8) is 0 Å². The van der Waals surface area contributed by atoms with Gasteiger partial charge in [-0.25, -0.2) is 0 Å². The highest BCUT2D eigenvalue weighted by Gasteiger charge is 2.18. The Balaban J connectivity index is 1.66. The summed E-state index contributed by atoms with van der Waals surface area (Å²) in [4.78, 5) is 0. The SMILES string of the molecule is COc1ccc([C@H](CCNCc2ccc(OC(C)C)cc2)c2ccccc2OC)cc1. The Morgan fingerprint density at radius 2 is 1.45 bits per heavy atom. The van der Waals surface area contributed by atoms with Crippen LogP contribution in [0.25, 0.3) is 0 Å². The maximum Gasteiger partial charge on any atom is 0.122 e. The fourth-order valence-electron chi connectivity index (χ4n) is 3.73. The van der Waals surface area contributed by atoms with Crippen LogP contribution in [0.4, 0.5) is 0 Å². The van der Waals surface area contributed by atoms with Crippen molar-refractivity contribution in [2.24, 2.45) is 0 Å². The monoisotopic (exact) mass is 419 g/mol. The van der Waals surface area contributed by atoms with Gasteiger partial charge in [-0.1, -0.05) is 42.5 Å². The van der Waals surface area contributed by atoms with Gasteiger partial charge in [0.15, 0.2) is 0 Å². The van der Waals surface area contributed by atoms with Crippen molar-refractivity contribution in [2.75, 3.05) is 20.8 Å². The summed E-state index contributed by atoms with van der Waals surface area (Å²) in [7, 11) is 3.42. The highest BCUT2D eigenvalue weighted by Crippen LogP contribution is 2.34. The van der Waals surface area contributed by atoms with Crippen LogP contribution in [0.2, 0.25) is 0 Å². The molecule has 0 spiro atoms. The molecular weight excluding hydrogens is 386 g/mol. The Kier molecular flexibility index (Phi) is 8.36. The van der Waals surface area contributed by atoms with Gasteiger partial charge in [0.25, 0.3) is 0 Å². The molecule has 0 fully saturated rings. The summed E-state index contributed by atoms with van der Waals surface area (Å²) in [6, 6.07) is 24.9. The van der Waals surface area contributed by atoms with Crippen molar-refractivity contribution in [2.45, 2.75) is 38.8 Å². The van der Waals surface area contributed by atoms with Crippen molar-refractivity contribution < 1.29 is 14.2 Å². The molecule has 0 unspecified atom stereocenters. The van der Waals surface area contributed by atoms with Crippen LogP contribution >= 0.6 is 0 Å². The van der Waals surface area contributed by atoms with Crippen molar-refractivity contribution >= 4 is 0 Å². The third kappa shape index (κ3) is 6.50. The van der Waals surface area contributed by atoms with Gasteiger partial charge < -0.3 is 19.5 Å². The average molecular weight is 420 g/mol. The highest BCUT2D eigenvalue weighted by molar-refractivity contribution is 5.43. The lowest BCUT2D eigenvalue weighted by Gasteiger charge is -2.21. The number of para-hydroxylation sites is 1. The fourth-order valence-corrected chi connectivity index (χ4v) is 3.73. The second-order valence-electron chi connectivity index (χ2n) is 7.84. The van der Waals surface area contributed by atoms with Gasteiger partial charge in [-0.3, -0.25) is 0 Å². The minimum atomic E-state index is 0.189. The second-order valence-corrected chi connectivity index (χ2v) is 7.84. The van der Waals surface area contributed by atoms with Gasteiger partial charge in [-0.15, -0.1) is 0 Å². The maximum absolute atomic E-state index is 5.72. The van der Waals surface area contributed by atoms with Crippen LogP contribution in [0.5, 0.6) is 17.2 Å². The first-order chi connectivity index (χ1) is 15.1. The number of rotatable bonds is 11. The Morgan fingerprint density at radius 3 is 2.10 bits per heavy atom. The van der Waals surface area contributed by atoms with E-state index in [-0.39, 0.29) is 12.0 Å². The van der Waals surface area contributed by atoms with E-state index in [1.807, 2.05) is 50.2 Å². The van der Waals surface area contributed by atoms with Crippen LogP contribution in [0.15, 0.2) is 72.8 Å². The third-order valence-corrected chi connectivity index (χ3v) is 5.27. The number of benzene rings is 3. The van der Waals surface area contributed by atoms with E-state index in [4.69, 9.17) is 14.2 Å². The molecule has 164 valence electrons. The molecule has 3 aromatic carbocycles. The minimum absolute atomic E-state index is 0.189. The summed E-state index contributed by atoms with van der Waals surface area (Å²) in [5.74, 6) is 2.93. The van der Waals surface area contributed by atoms with Crippen LogP contribution in [0.3, 0.4) is 0 Å². The average Bonchev–Trinajstić information content (AvgIpc) is 2.80. The Labute approximate surface area is 186 Å². The molecule has 0 bridgehead atoms. The molecule has 0 radical (unpaired) electrons. The molecule has 1 atom stereocenters. The molecule has 0 saturated carbocycles. The molecule has 31 heavy (non-hydrogen) atoms. The first kappa shape index (κ1) is 22.7. The van der Waals surface area contributed by atoms with E-state index in [0.29, 0.717) is 0 Å². The Hall–Kier alpha value is -2.98. The lowest BCUT2D eigenvalue weighted by molar-refractivity contribution is 0.242. The van der Waals surface area contributed by atoms with Crippen LogP contribution in [-0.2, 0) is 6.54 Å². The van der Waals surface area contributed by atoms with Crippen LogP contribution in [-0.4, -0.2) is 26.9 Å². The highest BCUT2D eigenvalue weighted by atomic mass is 16.5. The largest absolute Gasteiger partial charge is 0.497 e. The van der Waals surface area contributed by atoms with E-state index >= 15 is 0 Å². The number of methoxy groups -OCH3 is 2. The molecule has 4 nitrogen and oxygen atoms in total. The molecule has 0 heterocycles. The molecule has 0 aliphatic heterocycles. The first-order valence-electron chi connectivity index (χ1n) is 10.8. The zero-order valence-electron chi connectivity index (χ0n) is 18.9. The molecule has 0 aliphatic carbocycles. The van der Waals surface area contributed by atoms with E-state index in [1.54, 1.807) is 14.2 Å². The summed E-state index contributed by atoms with van der Waals surface area (Å²) in [6.45, 7) is 5.79. The summed E-state index contributed by atoms with van der Waals surface area (Å²) in [5.41, 5.74) is 3.70. The summed E-state index contributed by atoms with van der Waals surface area (Å²) < 4.78 is 16.7. The van der Waals surface area contributed by atoms with E-state index in [1.165, 1.54) is 16.7 Å². The van der Waals surface area contributed by atoms with Crippen LogP contribution in [0, 0.1) is 0 Å². The number of nitrogens with one attached hydrogen (secondary N) is 1. The molecule has 3 rings (SSSR count). The first-order valence-corrected chi connectivity index (χ1v) is 10.8. The van der Waals surface area contributed by atoms with Gasteiger partial charge >= 0.3 is 0 Å². The standard InChI is InChI=1S/C27H33NO3/c1-20(2)31-24-13-9-21(10-14-24)19-28-18-17-25(22-11-15-23(29-3)16-12-22)26-7-5-6-8-27(26)30-4/h5-16,20,25,28H,17-19H2,1-4H3/t25-/m0/s1. The molecule has 1 N–H and O–H groups in total. The topological polar surface area (TPSA) is 39.7 Å². The minimum Gasteiger partial charge on any atom is -0.497 e. The normalized spacial score (nSPS) is 11.9. The molecule has 0 aliphatic rings. The molecular formula is C27H33NO3. The van der Waals surface area contributed by atoms with Crippen LogP contribution < -0.4 is 19.5 Å². The molecule has 0 saturated heterocycles. The van der Waals surface area contributed by atoms with Gasteiger partial charge in [0, 0.05) is 18.0 Å². The second kappa shape index (κ2) is 11.4. The van der Waals surface area contributed by atoms with Gasteiger partial charge in [-0.2, -0.15) is 0 Å². The molecule has 0 aromatic heterocycles. The fraction of sp³-hybridized carbons (Fsp3) is 0.333. The summed E-state index contributed by atoms with van der Waals surface area (Å²) in [5, 5.41) is 3.59. The van der Waals surface area contributed by atoms with Gasteiger partial charge in [0.2, 0.25) is 0 Å². The Bertz CT molecular complexity index is 920. The quantitative estimate of drug-likeness (QED) is 0.399. The maximum atomic E-state index is 5.72. The summed E-state index contributed by atoms with van der Waals surface area (Å²) >= 11 is 0. The lowest BCUT2D eigenvalue weighted by atomic mass is 9.88. The number of hydrogen-bond donors (Lipinski definition) is 1. The Morgan fingerprint density at radius 1 is 0.774 bits per heavy atom. The lowest BCUT2D eigenvalue weighted by Crippen LogP contribution is -2.18. The number of ether oxygens (including phenoxy) is 3. The van der Waals surface area contributed by atoms with Gasteiger partial charge in [0.1, 0.15) is 17.2 Å². The predicted molar refractivity (Wildman–Crippen MR) is 126 cm³/mol. The predicted octanol–water partition coefficient (Wildman–Crippen LogP) is 5.80. The molecule has 3 aromatic rings. The number of hydrogen-bond acceptors (Lipinski definition) is 4. The van der Waals surface area contributed by atoms with Gasteiger partial charge in [0.05, 0.1) is 20.3 Å². The smallest absolute Gasteiger partial charge is 0.122 e. The van der Waals surface area contributed by atoms with Crippen molar-refractivity contribution in [1.29, 1.82) is 0 Å². The molecule has 0 amide bonds. The van der Waals surface area contributed by atoms with Crippen molar-refractivity contribution in [3.8, 4) is 17.2 Å². The van der Waals surface area contributed by atoms with Crippen molar-refractivity contribution in [1.82, 2.24) is 5.32 Å². The van der Waals surface area contributed by atoms with Gasteiger partial charge in [-0.05, 0) is 68.3 Å². The van der Waals surface area contributed by atoms with Crippen LogP contribution in [0.1, 0.15) is 42.9 Å². The third-order valence-electron chi connectivity index (χ3n) is 5.27. The van der Waals surface area contributed by atoms with E-state index in [9.17, 15) is 0 Å². The zero-order valence-corrected chi connectivity index (χ0v) is 18.9. The van der Waals surface area contributed by atoms with E-state index < -0.39 is 0 Å².